The van der Waals surface area contributed by atoms with Crippen LogP contribution in [0.15, 0.2) is 42.7 Å². The molecule has 0 radical (unpaired) electrons. The fourth-order valence-electron chi connectivity index (χ4n) is 4.96. The van der Waals surface area contributed by atoms with Crippen LogP contribution in [0.4, 0.5) is 0 Å². The van der Waals surface area contributed by atoms with E-state index in [0.29, 0.717) is 6.54 Å². The molecule has 2 aliphatic rings. The van der Waals surface area contributed by atoms with Gasteiger partial charge in [-0.3, -0.25) is 4.79 Å². The lowest BCUT2D eigenvalue weighted by Gasteiger charge is -2.22. The topological polar surface area (TPSA) is 46.9 Å². The van der Waals surface area contributed by atoms with Crippen molar-refractivity contribution >= 4 is 5.91 Å². The third kappa shape index (κ3) is 2.59. The number of nitrogens with one attached hydrogen (secondary N) is 1. The Morgan fingerprint density at radius 1 is 1.24 bits per heavy atom. The number of nitrogens with zero attached hydrogens (tertiary/aromatic N) is 2. The molecule has 132 valence electrons. The van der Waals surface area contributed by atoms with Crippen LogP contribution in [0.1, 0.15) is 56.8 Å². The number of aryl methyl sites for hydroxylation is 1. The average Bonchev–Trinajstić information content (AvgIpc) is 2.94. The van der Waals surface area contributed by atoms with Crippen molar-refractivity contribution in [1.82, 2.24) is 14.9 Å². The Hall–Kier alpha value is -2.10. The molecule has 1 amide bonds. The van der Waals surface area contributed by atoms with E-state index < -0.39 is 0 Å². The Kier molecular flexibility index (Phi) is 4.14. The number of benzene rings is 1. The van der Waals surface area contributed by atoms with Gasteiger partial charge in [0.25, 0.3) is 0 Å². The number of rotatable bonds is 6. The first kappa shape index (κ1) is 16.4. The Balaban J connectivity index is 1.55. The van der Waals surface area contributed by atoms with E-state index in [1.54, 1.807) is 0 Å². The van der Waals surface area contributed by atoms with Crippen molar-refractivity contribution in [3.05, 3.63) is 54.1 Å². The maximum atomic E-state index is 13.3. The Morgan fingerprint density at radius 2 is 2.00 bits per heavy atom. The molecule has 4 nitrogen and oxygen atoms in total. The third-order valence-corrected chi connectivity index (χ3v) is 6.27. The molecule has 1 atom stereocenters. The molecule has 1 heterocycles. The van der Waals surface area contributed by atoms with E-state index in [0.717, 1.165) is 25.2 Å². The first-order valence-electron chi connectivity index (χ1n) is 9.56. The van der Waals surface area contributed by atoms with Gasteiger partial charge in [-0.05, 0) is 36.7 Å². The monoisotopic (exact) mass is 337 g/mol. The van der Waals surface area contributed by atoms with Crippen molar-refractivity contribution in [2.45, 2.75) is 64.0 Å². The minimum absolute atomic E-state index is 0.187. The molecule has 1 aromatic carbocycles. The van der Waals surface area contributed by atoms with Gasteiger partial charge in [-0.2, -0.15) is 0 Å². The molecule has 0 bridgehead atoms. The first-order valence-corrected chi connectivity index (χ1v) is 9.56. The van der Waals surface area contributed by atoms with Crippen LogP contribution < -0.4 is 5.32 Å². The zero-order valence-electron chi connectivity index (χ0n) is 15.0. The van der Waals surface area contributed by atoms with Crippen LogP contribution in [-0.2, 0) is 23.3 Å². The van der Waals surface area contributed by atoms with Crippen molar-refractivity contribution in [1.29, 1.82) is 0 Å². The molecule has 2 fully saturated rings. The molecule has 1 spiro atoms. The summed E-state index contributed by atoms with van der Waals surface area (Å²) in [5.41, 5.74) is 1.05. The summed E-state index contributed by atoms with van der Waals surface area (Å²) in [6.45, 7) is 3.61. The lowest BCUT2D eigenvalue weighted by molar-refractivity contribution is -0.124. The van der Waals surface area contributed by atoms with E-state index in [9.17, 15) is 4.79 Å². The fraction of sp³-hybridized carbons (Fsp3) is 0.524. The van der Waals surface area contributed by atoms with Gasteiger partial charge in [0.1, 0.15) is 5.82 Å². The quantitative estimate of drug-likeness (QED) is 0.871. The molecule has 2 aliphatic carbocycles. The Labute approximate surface area is 149 Å². The minimum Gasteiger partial charge on any atom is -0.348 e. The number of imidazole rings is 1. The first-order chi connectivity index (χ1) is 12.2. The molecule has 1 unspecified atom stereocenters. The molecule has 1 aromatic heterocycles. The number of carbonyl (C=O) groups excluding carboxylic acids is 1. The number of amides is 1. The van der Waals surface area contributed by atoms with Crippen LogP contribution in [0.5, 0.6) is 0 Å². The fourth-order valence-corrected chi connectivity index (χ4v) is 4.96. The molecule has 4 heteroatoms. The van der Waals surface area contributed by atoms with Gasteiger partial charge in [0, 0.05) is 18.9 Å². The SMILES string of the molecule is CCCn1ccnc1CNC(=O)C1(c2ccccc2)CC12CCCC2. The second-order valence-electron chi connectivity index (χ2n) is 7.66. The summed E-state index contributed by atoms with van der Waals surface area (Å²) in [4.78, 5) is 17.7. The third-order valence-electron chi connectivity index (χ3n) is 6.27. The lowest BCUT2D eigenvalue weighted by atomic mass is 9.84. The Bertz CT molecular complexity index is 746. The molecule has 2 saturated carbocycles. The zero-order chi connectivity index (χ0) is 17.3. The van der Waals surface area contributed by atoms with Gasteiger partial charge in [-0.15, -0.1) is 0 Å². The van der Waals surface area contributed by atoms with E-state index >= 15 is 0 Å². The highest BCUT2D eigenvalue weighted by Gasteiger charge is 2.72. The molecule has 1 N–H and O–H groups in total. The summed E-state index contributed by atoms with van der Waals surface area (Å²) < 4.78 is 2.13. The number of hydrogen-bond donors (Lipinski definition) is 1. The largest absolute Gasteiger partial charge is 0.348 e. The highest BCUT2D eigenvalue weighted by Crippen LogP contribution is 2.72. The van der Waals surface area contributed by atoms with Gasteiger partial charge < -0.3 is 9.88 Å². The van der Waals surface area contributed by atoms with Gasteiger partial charge in [-0.1, -0.05) is 50.1 Å². The average molecular weight is 337 g/mol. The summed E-state index contributed by atoms with van der Waals surface area (Å²) >= 11 is 0. The zero-order valence-corrected chi connectivity index (χ0v) is 15.0. The number of carbonyl (C=O) groups is 1. The smallest absolute Gasteiger partial charge is 0.231 e. The molecular weight excluding hydrogens is 310 g/mol. The minimum atomic E-state index is -0.326. The molecule has 0 aliphatic heterocycles. The standard InChI is InChI=1S/C21H27N3O/c1-2-13-24-14-12-22-18(24)15-23-19(25)21(17-8-4-3-5-9-17)16-20(21)10-6-7-11-20/h3-5,8-9,12,14H,2,6-7,10-11,13,15-16H2,1H3,(H,23,25). The molecule has 0 saturated heterocycles. The van der Waals surface area contributed by atoms with Crippen molar-refractivity contribution in [2.24, 2.45) is 5.41 Å². The Morgan fingerprint density at radius 3 is 2.72 bits per heavy atom. The molecule has 4 rings (SSSR count). The van der Waals surface area contributed by atoms with Gasteiger partial charge in [0.2, 0.25) is 5.91 Å². The predicted octanol–water partition coefficient (Wildman–Crippen LogP) is 3.81. The predicted molar refractivity (Wildman–Crippen MR) is 98.0 cm³/mol. The van der Waals surface area contributed by atoms with E-state index in [2.05, 4.69) is 46.1 Å². The van der Waals surface area contributed by atoms with Gasteiger partial charge in [-0.25, -0.2) is 4.98 Å². The van der Waals surface area contributed by atoms with Crippen LogP contribution in [0.25, 0.3) is 0 Å². The summed E-state index contributed by atoms with van der Waals surface area (Å²) in [5.74, 6) is 1.13. The van der Waals surface area contributed by atoms with Crippen molar-refractivity contribution < 1.29 is 4.79 Å². The normalized spacial score (nSPS) is 23.7. The van der Waals surface area contributed by atoms with E-state index in [4.69, 9.17) is 0 Å². The summed E-state index contributed by atoms with van der Waals surface area (Å²) in [6.07, 6.45) is 10.7. The number of hydrogen-bond acceptors (Lipinski definition) is 2. The van der Waals surface area contributed by atoms with Crippen LogP contribution in [0.2, 0.25) is 0 Å². The highest BCUT2D eigenvalue weighted by molar-refractivity contribution is 5.93. The van der Waals surface area contributed by atoms with Crippen LogP contribution in [-0.4, -0.2) is 15.5 Å². The number of aromatic nitrogens is 2. The van der Waals surface area contributed by atoms with Crippen molar-refractivity contribution in [2.75, 3.05) is 0 Å². The van der Waals surface area contributed by atoms with E-state index in [-0.39, 0.29) is 16.7 Å². The van der Waals surface area contributed by atoms with Crippen LogP contribution in [0.3, 0.4) is 0 Å². The molecular formula is C21H27N3O. The molecule has 2 aromatic rings. The van der Waals surface area contributed by atoms with Crippen molar-refractivity contribution in [3.63, 3.8) is 0 Å². The maximum Gasteiger partial charge on any atom is 0.231 e. The lowest BCUT2D eigenvalue weighted by Crippen LogP contribution is -2.38. The maximum absolute atomic E-state index is 13.3. The summed E-state index contributed by atoms with van der Waals surface area (Å²) in [6, 6.07) is 10.4. The molecule has 25 heavy (non-hydrogen) atoms. The van der Waals surface area contributed by atoms with Crippen LogP contribution >= 0.6 is 0 Å². The highest BCUT2D eigenvalue weighted by atomic mass is 16.2. The van der Waals surface area contributed by atoms with Gasteiger partial charge in [0.05, 0.1) is 12.0 Å². The van der Waals surface area contributed by atoms with Gasteiger partial charge >= 0.3 is 0 Å². The van der Waals surface area contributed by atoms with Crippen LogP contribution in [0, 0.1) is 5.41 Å². The van der Waals surface area contributed by atoms with E-state index in [1.165, 1.54) is 31.2 Å². The van der Waals surface area contributed by atoms with E-state index in [1.807, 2.05) is 18.5 Å². The van der Waals surface area contributed by atoms with Gasteiger partial charge in [0.15, 0.2) is 0 Å². The van der Waals surface area contributed by atoms with Crippen molar-refractivity contribution in [3.8, 4) is 0 Å². The summed E-state index contributed by atoms with van der Waals surface area (Å²) in [7, 11) is 0. The second-order valence-corrected chi connectivity index (χ2v) is 7.66. The summed E-state index contributed by atoms with van der Waals surface area (Å²) in [5, 5.41) is 3.21. The second kappa shape index (κ2) is 6.32.